The van der Waals surface area contributed by atoms with Crippen LogP contribution in [0.15, 0.2) is 79.8 Å². The van der Waals surface area contributed by atoms with Gasteiger partial charge in [-0.2, -0.15) is 0 Å². The van der Waals surface area contributed by atoms with E-state index in [1.54, 1.807) is 30.2 Å². The molecule has 0 bridgehead atoms. The number of fused-ring (bicyclic) bond motifs is 1. The van der Waals surface area contributed by atoms with Gasteiger partial charge < -0.3 is 5.32 Å². The van der Waals surface area contributed by atoms with Crippen molar-refractivity contribution in [2.24, 2.45) is 0 Å². The van der Waals surface area contributed by atoms with E-state index in [1.165, 1.54) is 10.4 Å². The molecule has 136 valence electrons. The molecule has 1 N–H and O–H groups in total. The zero-order chi connectivity index (χ0) is 18.8. The van der Waals surface area contributed by atoms with E-state index in [9.17, 15) is 0 Å². The monoisotopic (exact) mass is 384 g/mol. The molecule has 0 amide bonds. The Kier molecular flexibility index (Phi) is 4.27. The van der Waals surface area contributed by atoms with Gasteiger partial charge in [-0.15, -0.1) is 11.3 Å². The molecule has 6 nitrogen and oxygen atoms in total. The van der Waals surface area contributed by atoms with Gasteiger partial charge in [-0.05, 0) is 23.3 Å². The number of imidazole rings is 1. The maximum atomic E-state index is 4.49. The molecule has 0 spiro atoms. The lowest BCUT2D eigenvalue weighted by molar-refractivity contribution is 0.977. The van der Waals surface area contributed by atoms with Crippen LogP contribution in [0.5, 0.6) is 0 Å². The van der Waals surface area contributed by atoms with Crippen LogP contribution in [0.3, 0.4) is 0 Å². The number of thiophene rings is 1. The summed E-state index contributed by atoms with van der Waals surface area (Å²) in [6, 6.07) is 16.5. The van der Waals surface area contributed by atoms with Gasteiger partial charge in [0.25, 0.3) is 0 Å². The summed E-state index contributed by atoms with van der Waals surface area (Å²) in [5, 5.41) is 4.46. The molecule has 0 radical (unpaired) electrons. The summed E-state index contributed by atoms with van der Waals surface area (Å²) >= 11 is 1.67. The predicted octanol–water partition coefficient (Wildman–Crippen LogP) is 4.55. The number of nitrogens with one attached hydrogen (secondary N) is 1. The number of hydrogen-bond acceptors (Lipinski definition) is 6. The fraction of sp³-hybridized carbons (Fsp3) is 0.0476. The molecule has 5 aromatic rings. The van der Waals surface area contributed by atoms with Crippen molar-refractivity contribution in [1.82, 2.24) is 24.5 Å². The zero-order valence-corrected chi connectivity index (χ0v) is 15.7. The molecule has 0 unspecified atom stereocenters. The number of aromatic nitrogens is 5. The molecule has 0 aliphatic rings. The van der Waals surface area contributed by atoms with Crippen molar-refractivity contribution in [2.75, 3.05) is 5.32 Å². The van der Waals surface area contributed by atoms with Gasteiger partial charge >= 0.3 is 0 Å². The molecule has 0 saturated heterocycles. The third-order valence-electron chi connectivity index (χ3n) is 4.43. The predicted molar refractivity (Wildman–Crippen MR) is 112 cm³/mol. The summed E-state index contributed by atoms with van der Waals surface area (Å²) in [6.07, 6.45) is 8.82. The topological polar surface area (TPSA) is 68.5 Å². The van der Waals surface area contributed by atoms with Crippen LogP contribution < -0.4 is 5.32 Å². The fourth-order valence-corrected chi connectivity index (χ4v) is 4.00. The first-order valence-electron chi connectivity index (χ1n) is 8.84. The first kappa shape index (κ1) is 16.6. The van der Waals surface area contributed by atoms with E-state index in [0.29, 0.717) is 6.54 Å². The largest absolute Gasteiger partial charge is 0.365 e. The second kappa shape index (κ2) is 7.21. The normalized spacial score (nSPS) is 11.0. The lowest BCUT2D eigenvalue weighted by Crippen LogP contribution is -2.03. The molecule has 4 aromatic heterocycles. The SMILES string of the molecule is c1ccc(-c2cc3c(NCc4ccc(-n5ccnc5)nc4)ncnc3s2)cc1. The second-order valence-corrected chi connectivity index (χ2v) is 7.30. The van der Waals surface area contributed by atoms with E-state index in [-0.39, 0.29) is 0 Å². The molecule has 1 aromatic carbocycles. The summed E-state index contributed by atoms with van der Waals surface area (Å²) in [7, 11) is 0. The van der Waals surface area contributed by atoms with Gasteiger partial charge in [0.2, 0.25) is 0 Å². The van der Waals surface area contributed by atoms with Gasteiger partial charge in [-0.3, -0.25) is 4.57 Å². The molecule has 5 rings (SSSR count). The number of rotatable bonds is 5. The molecular weight excluding hydrogens is 368 g/mol. The van der Waals surface area contributed by atoms with Gasteiger partial charge in [0.15, 0.2) is 0 Å². The van der Waals surface area contributed by atoms with Gasteiger partial charge in [-0.25, -0.2) is 19.9 Å². The van der Waals surface area contributed by atoms with Gasteiger partial charge in [-0.1, -0.05) is 36.4 Å². The second-order valence-electron chi connectivity index (χ2n) is 6.27. The summed E-state index contributed by atoms with van der Waals surface area (Å²) in [4.78, 5) is 19.6. The first-order valence-corrected chi connectivity index (χ1v) is 9.65. The Labute approximate surface area is 165 Å². The van der Waals surface area contributed by atoms with E-state index in [0.717, 1.165) is 27.4 Å². The van der Waals surface area contributed by atoms with E-state index >= 15 is 0 Å². The van der Waals surface area contributed by atoms with Gasteiger partial charge in [0.1, 0.15) is 29.1 Å². The van der Waals surface area contributed by atoms with Crippen molar-refractivity contribution in [1.29, 1.82) is 0 Å². The van der Waals surface area contributed by atoms with Crippen LogP contribution in [-0.2, 0) is 6.54 Å². The Morgan fingerprint density at radius 3 is 2.71 bits per heavy atom. The quantitative estimate of drug-likeness (QED) is 0.481. The average molecular weight is 384 g/mol. The third kappa shape index (κ3) is 3.23. The lowest BCUT2D eigenvalue weighted by Gasteiger charge is -2.07. The minimum atomic E-state index is 0.639. The Balaban J connectivity index is 1.37. The summed E-state index contributed by atoms with van der Waals surface area (Å²) in [5.74, 6) is 1.68. The first-order chi connectivity index (χ1) is 13.9. The van der Waals surface area contributed by atoms with Crippen LogP contribution in [0, 0.1) is 0 Å². The van der Waals surface area contributed by atoms with Crippen LogP contribution in [0.2, 0.25) is 0 Å². The smallest absolute Gasteiger partial charge is 0.138 e. The molecule has 0 atom stereocenters. The number of hydrogen-bond donors (Lipinski definition) is 1. The Morgan fingerprint density at radius 1 is 1.00 bits per heavy atom. The van der Waals surface area contributed by atoms with Crippen molar-refractivity contribution >= 4 is 27.4 Å². The molecular formula is C21H16N6S. The Hall–Kier alpha value is -3.58. The standard InChI is InChI=1S/C21H16N6S/c1-2-4-16(5-3-1)18-10-17-20(25-13-26-21(17)28-18)24-12-15-6-7-19(23-11-15)27-9-8-22-14-27/h1-11,13-14H,12H2,(H,24,25,26). The molecule has 0 saturated carbocycles. The van der Waals surface area contributed by atoms with Crippen molar-refractivity contribution < 1.29 is 0 Å². The Bertz CT molecular complexity index is 1200. The van der Waals surface area contributed by atoms with Crippen molar-refractivity contribution in [3.8, 4) is 16.3 Å². The number of benzene rings is 1. The van der Waals surface area contributed by atoms with Crippen LogP contribution in [0.4, 0.5) is 5.82 Å². The summed E-state index contributed by atoms with van der Waals surface area (Å²) in [5.41, 5.74) is 2.27. The highest BCUT2D eigenvalue weighted by Crippen LogP contribution is 2.34. The summed E-state index contributed by atoms with van der Waals surface area (Å²) < 4.78 is 1.88. The Morgan fingerprint density at radius 2 is 1.93 bits per heavy atom. The molecule has 7 heteroatoms. The summed E-state index contributed by atoms with van der Waals surface area (Å²) in [6.45, 7) is 0.639. The molecule has 0 aliphatic heterocycles. The maximum Gasteiger partial charge on any atom is 0.138 e. The van der Waals surface area contributed by atoms with Gasteiger partial charge in [0.05, 0.1) is 5.39 Å². The molecule has 28 heavy (non-hydrogen) atoms. The van der Waals surface area contributed by atoms with Gasteiger partial charge in [0, 0.05) is 30.0 Å². The van der Waals surface area contributed by atoms with Crippen LogP contribution in [0.1, 0.15) is 5.56 Å². The molecule has 4 heterocycles. The highest BCUT2D eigenvalue weighted by Gasteiger charge is 2.10. The average Bonchev–Trinajstić information content (AvgIpc) is 3.43. The zero-order valence-electron chi connectivity index (χ0n) is 14.9. The van der Waals surface area contributed by atoms with Crippen LogP contribution in [-0.4, -0.2) is 24.5 Å². The minimum Gasteiger partial charge on any atom is -0.365 e. The highest BCUT2D eigenvalue weighted by molar-refractivity contribution is 7.21. The van der Waals surface area contributed by atoms with E-state index < -0.39 is 0 Å². The van der Waals surface area contributed by atoms with E-state index in [1.807, 2.05) is 41.2 Å². The third-order valence-corrected chi connectivity index (χ3v) is 5.52. The number of nitrogens with zero attached hydrogens (tertiary/aromatic N) is 5. The highest BCUT2D eigenvalue weighted by atomic mass is 32.1. The van der Waals surface area contributed by atoms with Crippen LogP contribution in [0.25, 0.3) is 26.5 Å². The lowest BCUT2D eigenvalue weighted by atomic mass is 10.2. The number of anilines is 1. The van der Waals surface area contributed by atoms with Crippen molar-refractivity contribution in [3.63, 3.8) is 0 Å². The minimum absolute atomic E-state index is 0.639. The van der Waals surface area contributed by atoms with Crippen molar-refractivity contribution in [3.05, 3.63) is 85.3 Å². The van der Waals surface area contributed by atoms with Crippen LogP contribution >= 0.6 is 11.3 Å². The maximum absolute atomic E-state index is 4.49. The van der Waals surface area contributed by atoms with E-state index in [2.05, 4.69) is 49.5 Å². The van der Waals surface area contributed by atoms with E-state index in [4.69, 9.17) is 0 Å². The molecule has 0 aliphatic carbocycles. The van der Waals surface area contributed by atoms with Crippen molar-refractivity contribution in [2.45, 2.75) is 6.54 Å². The molecule has 0 fully saturated rings. The fourth-order valence-electron chi connectivity index (χ4n) is 3.00. The number of pyridine rings is 1.